The molecule has 30 heavy (non-hydrogen) atoms. The summed E-state index contributed by atoms with van der Waals surface area (Å²) in [6.07, 6.45) is 4.44. The van der Waals surface area contributed by atoms with Gasteiger partial charge in [0.2, 0.25) is 5.91 Å². The summed E-state index contributed by atoms with van der Waals surface area (Å²) < 4.78 is 0. The number of hydrogen-bond acceptors (Lipinski definition) is 3. The smallest absolute Gasteiger partial charge is 0.251 e. The molecule has 0 atom stereocenters. The Morgan fingerprint density at radius 3 is 2.10 bits per heavy atom. The van der Waals surface area contributed by atoms with E-state index in [0.717, 1.165) is 32.2 Å². The first-order valence-corrected chi connectivity index (χ1v) is 10.2. The van der Waals surface area contributed by atoms with E-state index in [1.807, 2.05) is 11.0 Å². The van der Waals surface area contributed by atoms with E-state index in [4.69, 9.17) is 0 Å². The summed E-state index contributed by atoms with van der Waals surface area (Å²) in [4.78, 5) is 35.6. The average molecular weight is 407 g/mol. The standard InChI is InChI=1S/C16H20N2O3.C9H10/c1-12(20)18-8-6-13(7-9-18)10-17-16(21)15-4-2-14(11-19)3-5-15;1-3-9-6-4-8(2)5-7-9/h2-5,11,13H,6-10H2,1H3,(H,17,21);3-7H,1H2,2H3. The van der Waals surface area contributed by atoms with E-state index in [9.17, 15) is 14.4 Å². The number of piperidine rings is 1. The van der Waals surface area contributed by atoms with Gasteiger partial charge >= 0.3 is 0 Å². The van der Waals surface area contributed by atoms with Gasteiger partial charge in [-0.25, -0.2) is 0 Å². The zero-order valence-electron chi connectivity index (χ0n) is 17.8. The number of amides is 2. The number of aryl methyl sites for hydroxylation is 1. The average Bonchev–Trinajstić information content (AvgIpc) is 2.78. The molecule has 5 heteroatoms. The van der Waals surface area contributed by atoms with E-state index >= 15 is 0 Å². The van der Waals surface area contributed by atoms with Gasteiger partial charge in [0.25, 0.3) is 5.91 Å². The van der Waals surface area contributed by atoms with Crippen molar-refractivity contribution in [1.82, 2.24) is 10.2 Å². The van der Waals surface area contributed by atoms with Crippen molar-refractivity contribution in [2.24, 2.45) is 5.92 Å². The molecule has 0 unspecified atom stereocenters. The predicted octanol–water partition coefficient (Wildman–Crippen LogP) is 4.13. The topological polar surface area (TPSA) is 66.5 Å². The lowest BCUT2D eigenvalue weighted by Gasteiger charge is -2.31. The maximum atomic E-state index is 12.0. The van der Waals surface area contributed by atoms with E-state index in [1.54, 1.807) is 31.2 Å². The molecule has 3 rings (SSSR count). The zero-order valence-corrected chi connectivity index (χ0v) is 17.8. The highest BCUT2D eigenvalue weighted by Crippen LogP contribution is 2.16. The fourth-order valence-electron chi connectivity index (χ4n) is 3.21. The Bertz CT molecular complexity index is 849. The highest BCUT2D eigenvalue weighted by atomic mass is 16.2. The molecule has 2 aromatic rings. The molecule has 158 valence electrons. The monoisotopic (exact) mass is 406 g/mol. The van der Waals surface area contributed by atoms with Gasteiger partial charge in [0.05, 0.1) is 0 Å². The Kier molecular flexibility index (Phi) is 9.01. The molecule has 1 heterocycles. The third-order valence-corrected chi connectivity index (χ3v) is 5.23. The number of carbonyl (C=O) groups excluding carboxylic acids is 3. The Labute approximate surface area is 178 Å². The van der Waals surface area contributed by atoms with Gasteiger partial charge in [-0.3, -0.25) is 14.4 Å². The minimum absolute atomic E-state index is 0.118. The molecule has 1 aliphatic heterocycles. The second-order valence-corrected chi connectivity index (χ2v) is 7.51. The van der Waals surface area contributed by atoms with Crippen molar-refractivity contribution in [1.29, 1.82) is 0 Å². The fraction of sp³-hybridized carbons (Fsp3) is 0.320. The van der Waals surface area contributed by atoms with Crippen LogP contribution in [0, 0.1) is 12.8 Å². The number of aldehydes is 1. The Morgan fingerprint density at radius 1 is 1.03 bits per heavy atom. The second kappa shape index (κ2) is 11.7. The van der Waals surface area contributed by atoms with Crippen LogP contribution in [0.15, 0.2) is 55.1 Å². The number of nitrogens with one attached hydrogen (secondary N) is 1. The molecule has 2 amide bonds. The van der Waals surface area contributed by atoms with Gasteiger partial charge in [0, 0.05) is 37.7 Å². The quantitative estimate of drug-likeness (QED) is 0.760. The van der Waals surface area contributed by atoms with E-state index in [0.29, 0.717) is 23.6 Å². The van der Waals surface area contributed by atoms with Crippen LogP contribution in [0.25, 0.3) is 6.08 Å². The van der Waals surface area contributed by atoms with Gasteiger partial charge in [0.15, 0.2) is 0 Å². The first-order chi connectivity index (χ1) is 14.4. The van der Waals surface area contributed by atoms with Crippen LogP contribution in [-0.2, 0) is 4.79 Å². The lowest BCUT2D eigenvalue weighted by atomic mass is 9.96. The normalized spacial score (nSPS) is 13.6. The number of hydrogen-bond donors (Lipinski definition) is 1. The van der Waals surface area contributed by atoms with Crippen molar-refractivity contribution in [2.75, 3.05) is 19.6 Å². The third kappa shape index (κ3) is 7.32. The summed E-state index contributed by atoms with van der Waals surface area (Å²) in [5, 5.41) is 2.92. The number of rotatable bonds is 5. The number of likely N-dealkylation sites (tertiary alicyclic amines) is 1. The molecule has 0 aliphatic carbocycles. The maximum Gasteiger partial charge on any atom is 0.251 e. The van der Waals surface area contributed by atoms with Crippen LogP contribution in [0.1, 0.15) is 51.6 Å². The van der Waals surface area contributed by atoms with Gasteiger partial charge < -0.3 is 10.2 Å². The first-order valence-electron chi connectivity index (χ1n) is 10.2. The molecule has 0 bridgehead atoms. The van der Waals surface area contributed by atoms with E-state index in [2.05, 4.69) is 43.1 Å². The van der Waals surface area contributed by atoms with Crippen molar-refractivity contribution in [3.63, 3.8) is 0 Å². The van der Waals surface area contributed by atoms with Gasteiger partial charge in [-0.15, -0.1) is 0 Å². The van der Waals surface area contributed by atoms with Crippen molar-refractivity contribution in [2.45, 2.75) is 26.7 Å². The molecule has 0 saturated carbocycles. The van der Waals surface area contributed by atoms with E-state index in [-0.39, 0.29) is 11.8 Å². The van der Waals surface area contributed by atoms with Crippen molar-refractivity contribution < 1.29 is 14.4 Å². The van der Waals surface area contributed by atoms with Crippen LogP contribution in [-0.4, -0.2) is 42.6 Å². The van der Waals surface area contributed by atoms with Crippen molar-refractivity contribution in [3.05, 3.63) is 77.4 Å². The van der Waals surface area contributed by atoms with Crippen LogP contribution >= 0.6 is 0 Å². The van der Waals surface area contributed by atoms with Gasteiger partial charge in [-0.1, -0.05) is 54.6 Å². The molecule has 0 radical (unpaired) electrons. The Morgan fingerprint density at radius 2 is 1.60 bits per heavy atom. The first kappa shape index (κ1) is 23.1. The molecule has 1 fully saturated rings. The molecule has 5 nitrogen and oxygen atoms in total. The van der Waals surface area contributed by atoms with Crippen molar-refractivity contribution >= 4 is 24.2 Å². The number of nitrogens with zero attached hydrogens (tertiary/aromatic N) is 1. The lowest BCUT2D eigenvalue weighted by Crippen LogP contribution is -2.40. The largest absolute Gasteiger partial charge is 0.352 e. The molecule has 2 aromatic carbocycles. The Hall–Kier alpha value is -3.21. The molecule has 0 spiro atoms. The van der Waals surface area contributed by atoms with Gasteiger partial charge in [0.1, 0.15) is 6.29 Å². The van der Waals surface area contributed by atoms with Crippen molar-refractivity contribution in [3.8, 4) is 0 Å². The Balaban J connectivity index is 0.000000297. The number of carbonyl (C=O) groups is 3. The summed E-state index contributed by atoms with van der Waals surface area (Å²) in [7, 11) is 0. The molecular weight excluding hydrogens is 376 g/mol. The molecule has 1 saturated heterocycles. The molecule has 1 N–H and O–H groups in total. The van der Waals surface area contributed by atoms with Crippen LogP contribution in [0.3, 0.4) is 0 Å². The summed E-state index contributed by atoms with van der Waals surface area (Å²) in [5.74, 6) is 0.410. The highest BCUT2D eigenvalue weighted by molar-refractivity contribution is 5.94. The lowest BCUT2D eigenvalue weighted by molar-refractivity contribution is -0.130. The third-order valence-electron chi connectivity index (χ3n) is 5.23. The van der Waals surface area contributed by atoms with Crippen LogP contribution < -0.4 is 5.32 Å². The summed E-state index contributed by atoms with van der Waals surface area (Å²) in [5.41, 5.74) is 3.59. The molecular formula is C25H30N2O3. The minimum Gasteiger partial charge on any atom is -0.352 e. The van der Waals surface area contributed by atoms with Crippen LogP contribution in [0.5, 0.6) is 0 Å². The zero-order chi connectivity index (χ0) is 21.9. The van der Waals surface area contributed by atoms with Crippen LogP contribution in [0.2, 0.25) is 0 Å². The van der Waals surface area contributed by atoms with Gasteiger partial charge in [-0.2, -0.15) is 0 Å². The summed E-state index contributed by atoms with van der Waals surface area (Å²) in [6, 6.07) is 14.8. The summed E-state index contributed by atoms with van der Waals surface area (Å²) >= 11 is 0. The van der Waals surface area contributed by atoms with Gasteiger partial charge in [-0.05, 0) is 43.4 Å². The SMILES string of the molecule is C=Cc1ccc(C)cc1.CC(=O)N1CCC(CNC(=O)c2ccc(C=O)cc2)CC1. The number of benzene rings is 2. The minimum atomic E-state index is -0.124. The van der Waals surface area contributed by atoms with Crippen LogP contribution in [0.4, 0.5) is 0 Å². The van der Waals surface area contributed by atoms with E-state index < -0.39 is 0 Å². The highest BCUT2D eigenvalue weighted by Gasteiger charge is 2.21. The summed E-state index contributed by atoms with van der Waals surface area (Å²) in [6.45, 7) is 9.49. The maximum absolute atomic E-state index is 12.0. The molecule has 1 aliphatic rings. The van der Waals surface area contributed by atoms with E-state index in [1.165, 1.54) is 11.1 Å². The fourth-order valence-corrected chi connectivity index (χ4v) is 3.21. The second-order valence-electron chi connectivity index (χ2n) is 7.51. The molecule has 0 aromatic heterocycles. The predicted molar refractivity (Wildman–Crippen MR) is 120 cm³/mol.